The molecular formula is C12H21N. The molecule has 1 nitrogen and oxygen atoms in total. The van der Waals surface area contributed by atoms with Crippen LogP contribution >= 0.6 is 0 Å². The summed E-state index contributed by atoms with van der Waals surface area (Å²) in [5, 5.41) is 3.56. The van der Waals surface area contributed by atoms with Gasteiger partial charge in [0.15, 0.2) is 0 Å². The highest BCUT2D eigenvalue weighted by Gasteiger charge is 2.31. The van der Waals surface area contributed by atoms with E-state index in [1.807, 2.05) is 0 Å². The smallest absolute Gasteiger partial charge is 0.0738 e. The van der Waals surface area contributed by atoms with Crippen molar-refractivity contribution >= 4 is 0 Å². The second-order valence-electron chi connectivity index (χ2n) is 5.29. The number of hydrogen-bond donors (Lipinski definition) is 1. The van der Waals surface area contributed by atoms with Gasteiger partial charge in [-0.15, -0.1) is 6.42 Å². The quantitative estimate of drug-likeness (QED) is 0.642. The maximum absolute atomic E-state index is 5.52. The van der Waals surface area contributed by atoms with Gasteiger partial charge in [-0.3, -0.25) is 0 Å². The summed E-state index contributed by atoms with van der Waals surface area (Å²) in [5.74, 6) is 3.65. The molecule has 1 aliphatic rings. The van der Waals surface area contributed by atoms with Crippen LogP contribution in [0, 0.1) is 23.7 Å². The second-order valence-corrected chi connectivity index (χ2v) is 5.29. The molecule has 1 fully saturated rings. The first kappa shape index (κ1) is 10.6. The average molecular weight is 179 g/mol. The van der Waals surface area contributed by atoms with E-state index in [4.69, 9.17) is 6.42 Å². The molecule has 1 saturated carbocycles. The summed E-state index contributed by atoms with van der Waals surface area (Å²) in [4.78, 5) is 0. The Kier molecular flexibility index (Phi) is 3.03. The third-order valence-corrected chi connectivity index (χ3v) is 3.03. The molecule has 0 bridgehead atoms. The van der Waals surface area contributed by atoms with Gasteiger partial charge < -0.3 is 5.32 Å². The second kappa shape index (κ2) is 3.72. The molecule has 1 aliphatic carbocycles. The molecule has 1 N–H and O–H groups in total. The van der Waals surface area contributed by atoms with Gasteiger partial charge in [-0.05, 0) is 24.2 Å². The molecule has 0 amide bonds. The van der Waals surface area contributed by atoms with Crippen LogP contribution in [0.4, 0.5) is 0 Å². The van der Waals surface area contributed by atoms with E-state index in [0.717, 1.165) is 5.92 Å². The number of rotatable bonds is 2. The Balaban J connectivity index is 2.46. The molecule has 0 aliphatic heterocycles. The zero-order valence-corrected chi connectivity index (χ0v) is 9.22. The lowest BCUT2D eigenvalue weighted by Gasteiger charge is -2.40. The van der Waals surface area contributed by atoms with Crippen LogP contribution in [0.3, 0.4) is 0 Å². The average Bonchev–Trinajstić information content (AvgIpc) is 2.00. The summed E-state index contributed by atoms with van der Waals surface area (Å²) in [7, 11) is 0. The number of hydrogen-bond acceptors (Lipinski definition) is 1. The van der Waals surface area contributed by atoms with Crippen molar-refractivity contribution in [3.63, 3.8) is 0 Å². The monoisotopic (exact) mass is 179 g/mol. The van der Waals surface area contributed by atoms with Gasteiger partial charge in [0, 0.05) is 6.04 Å². The molecule has 74 valence electrons. The van der Waals surface area contributed by atoms with Crippen molar-refractivity contribution < 1.29 is 0 Å². The zero-order chi connectivity index (χ0) is 10.1. The minimum Gasteiger partial charge on any atom is -0.300 e. The van der Waals surface area contributed by atoms with Crippen molar-refractivity contribution in [3.05, 3.63) is 0 Å². The Morgan fingerprint density at radius 2 is 2.00 bits per heavy atom. The first-order valence-corrected chi connectivity index (χ1v) is 5.17. The Hall–Kier alpha value is -0.480. The molecule has 1 heteroatoms. The third-order valence-electron chi connectivity index (χ3n) is 3.03. The highest BCUT2D eigenvalue weighted by atomic mass is 15.0. The van der Waals surface area contributed by atoms with Gasteiger partial charge in [-0.2, -0.15) is 0 Å². The highest BCUT2D eigenvalue weighted by molar-refractivity contribution is 5.07. The van der Waals surface area contributed by atoms with Crippen LogP contribution in [0.25, 0.3) is 0 Å². The van der Waals surface area contributed by atoms with Crippen molar-refractivity contribution in [2.75, 3.05) is 0 Å². The predicted octanol–water partition coefficient (Wildman–Crippen LogP) is 2.42. The standard InChI is InChI=1S/C12H21N/c1-6-11(12(3,4)5)13-10-8-7-9(10)2/h1,9-11,13H,7-8H2,2-5H3. The van der Waals surface area contributed by atoms with E-state index in [0.29, 0.717) is 6.04 Å². The molecule has 0 aromatic carbocycles. The van der Waals surface area contributed by atoms with Gasteiger partial charge in [0.2, 0.25) is 0 Å². The van der Waals surface area contributed by atoms with Crippen LogP contribution in [0.15, 0.2) is 0 Å². The van der Waals surface area contributed by atoms with Crippen LogP contribution < -0.4 is 5.32 Å². The first-order chi connectivity index (χ1) is 5.95. The van der Waals surface area contributed by atoms with Crippen LogP contribution in [0.5, 0.6) is 0 Å². The Bertz CT molecular complexity index is 206. The van der Waals surface area contributed by atoms with Crippen LogP contribution in [-0.4, -0.2) is 12.1 Å². The molecular weight excluding hydrogens is 158 g/mol. The fourth-order valence-electron chi connectivity index (χ4n) is 1.68. The molecule has 0 saturated heterocycles. The van der Waals surface area contributed by atoms with Gasteiger partial charge in [0.1, 0.15) is 0 Å². The van der Waals surface area contributed by atoms with Gasteiger partial charge in [0.05, 0.1) is 6.04 Å². The van der Waals surface area contributed by atoms with E-state index in [1.165, 1.54) is 12.8 Å². The zero-order valence-electron chi connectivity index (χ0n) is 9.22. The fraction of sp³-hybridized carbons (Fsp3) is 0.833. The maximum atomic E-state index is 5.52. The normalized spacial score (nSPS) is 30.4. The van der Waals surface area contributed by atoms with E-state index in [-0.39, 0.29) is 11.5 Å². The minimum absolute atomic E-state index is 0.171. The summed E-state index contributed by atoms with van der Waals surface area (Å²) in [6.45, 7) is 8.85. The summed E-state index contributed by atoms with van der Waals surface area (Å²) in [5.41, 5.74) is 0.171. The van der Waals surface area contributed by atoms with E-state index in [9.17, 15) is 0 Å². The Morgan fingerprint density at radius 3 is 2.23 bits per heavy atom. The highest BCUT2D eigenvalue weighted by Crippen LogP contribution is 2.29. The number of terminal acetylenes is 1. The van der Waals surface area contributed by atoms with Crippen LogP contribution in [-0.2, 0) is 0 Å². The molecule has 0 radical (unpaired) electrons. The van der Waals surface area contributed by atoms with E-state index < -0.39 is 0 Å². The number of nitrogens with one attached hydrogen (secondary N) is 1. The molecule has 0 spiro atoms. The maximum Gasteiger partial charge on any atom is 0.0738 e. The van der Waals surface area contributed by atoms with Gasteiger partial charge in [-0.25, -0.2) is 0 Å². The molecule has 0 aromatic rings. The van der Waals surface area contributed by atoms with E-state index >= 15 is 0 Å². The van der Waals surface area contributed by atoms with Crippen LogP contribution in [0.1, 0.15) is 40.5 Å². The molecule has 0 aromatic heterocycles. The summed E-state index contributed by atoms with van der Waals surface area (Å²) >= 11 is 0. The Morgan fingerprint density at radius 1 is 1.38 bits per heavy atom. The van der Waals surface area contributed by atoms with Crippen molar-refractivity contribution in [2.45, 2.75) is 52.6 Å². The molecule has 3 unspecified atom stereocenters. The molecule has 13 heavy (non-hydrogen) atoms. The largest absolute Gasteiger partial charge is 0.300 e. The predicted molar refractivity (Wildman–Crippen MR) is 57.4 cm³/mol. The van der Waals surface area contributed by atoms with Gasteiger partial charge in [0.25, 0.3) is 0 Å². The van der Waals surface area contributed by atoms with Crippen molar-refractivity contribution in [1.82, 2.24) is 5.32 Å². The fourth-order valence-corrected chi connectivity index (χ4v) is 1.68. The summed E-state index contributed by atoms with van der Waals surface area (Å²) in [6, 6.07) is 0.862. The topological polar surface area (TPSA) is 12.0 Å². The summed E-state index contributed by atoms with van der Waals surface area (Å²) < 4.78 is 0. The lowest BCUT2D eigenvalue weighted by molar-refractivity contribution is 0.184. The SMILES string of the molecule is C#CC(NC1CCC1C)C(C)(C)C. The van der Waals surface area contributed by atoms with Gasteiger partial charge in [-0.1, -0.05) is 33.6 Å². The molecule has 0 heterocycles. The molecule has 3 atom stereocenters. The van der Waals surface area contributed by atoms with E-state index in [1.54, 1.807) is 0 Å². The minimum atomic E-state index is 0.171. The van der Waals surface area contributed by atoms with Crippen molar-refractivity contribution in [1.29, 1.82) is 0 Å². The first-order valence-electron chi connectivity index (χ1n) is 5.17. The Labute approximate surface area is 82.3 Å². The van der Waals surface area contributed by atoms with Crippen LogP contribution in [0.2, 0.25) is 0 Å². The van der Waals surface area contributed by atoms with Gasteiger partial charge >= 0.3 is 0 Å². The van der Waals surface area contributed by atoms with Crippen molar-refractivity contribution in [2.24, 2.45) is 11.3 Å². The third kappa shape index (κ3) is 2.48. The summed E-state index contributed by atoms with van der Waals surface area (Å²) in [6.07, 6.45) is 8.15. The van der Waals surface area contributed by atoms with E-state index in [2.05, 4.69) is 38.9 Å². The molecule has 1 rings (SSSR count). The lowest BCUT2D eigenvalue weighted by Crippen LogP contribution is -2.51. The lowest BCUT2D eigenvalue weighted by atomic mass is 9.78. The van der Waals surface area contributed by atoms with Crippen molar-refractivity contribution in [3.8, 4) is 12.3 Å².